The van der Waals surface area contributed by atoms with E-state index in [9.17, 15) is 13.2 Å². The van der Waals surface area contributed by atoms with Crippen molar-refractivity contribution in [3.05, 3.63) is 53.9 Å². The van der Waals surface area contributed by atoms with Gasteiger partial charge in [-0.2, -0.15) is 4.31 Å². The number of hydrogen-bond acceptors (Lipinski definition) is 5. The number of aromatic nitrogens is 2. The van der Waals surface area contributed by atoms with Crippen molar-refractivity contribution in [3.63, 3.8) is 0 Å². The van der Waals surface area contributed by atoms with Gasteiger partial charge in [0.1, 0.15) is 10.5 Å². The van der Waals surface area contributed by atoms with E-state index in [0.717, 1.165) is 16.8 Å². The first kappa shape index (κ1) is 24.4. The molecule has 8 nitrogen and oxygen atoms in total. The molecule has 1 amide bonds. The Morgan fingerprint density at radius 3 is 2.29 bits per heavy atom. The molecule has 1 aliphatic heterocycles. The van der Waals surface area contributed by atoms with Gasteiger partial charge in [0.25, 0.3) is 0 Å². The number of nitrogens with one attached hydrogen (secondary N) is 2. The lowest BCUT2D eigenvalue weighted by Gasteiger charge is -2.33. The number of sulfonamides is 1. The van der Waals surface area contributed by atoms with E-state index in [4.69, 9.17) is 0 Å². The Balaban J connectivity index is 1.41. The summed E-state index contributed by atoms with van der Waals surface area (Å²) in [5, 5.41) is 3.74. The van der Waals surface area contributed by atoms with Gasteiger partial charge >= 0.3 is 0 Å². The number of rotatable bonds is 7. The van der Waals surface area contributed by atoms with Crippen LogP contribution in [0.5, 0.6) is 0 Å². The molecular weight excluding hydrogens is 450 g/mol. The van der Waals surface area contributed by atoms with E-state index >= 15 is 0 Å². The van der Waals surface area contributed by atoms with Crippen molar-refractivity contribution in [1.29, 1.82) is 0 Å². The van der Waals surface area contributed by atoms with Crippen LogP contribution < -0.4 is 5.32 Å². The van der Waals surface area contributed by atoms with E-state index in [2.05, 4.69) is 55.1 Å². The summed E-state index contributed by atoms with van der Waals surface area (Å²) in [4.78, 5) is 22.3. The fourth-order valence-electron chi connectivity index (χ4n) is 4.49. The summed E-state index contributed by atoms with van der Waals surface area (Å²) in [7, 11) is -3.64. The van der Waals surface area contributed by atoms with Crippen molar-refractivity contribution >= 4 is 32.7 Å². The highest BCUT2D eigenvalue weighted by Crippen LogP contribution is 2.32. The Labute approximate surface area is 201 Å². The van der Waals surface area contributed by atoms with Crippen LogP contribution in [0.15, 0.2) is 47.6 Å². The zero-order valence-corrected chi connectivity index (χ0v) is 21.0. The Morgan fingerprint density at radius 1 is 1.03 bits per heavy atom. The summed E-state index contributed by atoms with van der Waals surface area (Å²) in [5.74, 6) is 0.513. The van der Waals surface area contributed by atoms with Gasteiger partial charge < -0.3 is 10.3 Å². The highest BCUT2D eigenvalue weighted by atomic mass is 32.2. The second kappa shape index (κ2) is 9.85. The van der Waals surface area contributed by atoms with Gasteiger partial charge in [-0.15, -0.1) is 0 Å². The van der Waals surface area contributed by atoms with Gasteiger partial charge in [0, 0.05) is 49.6 Å². The van der Waals surface area contributed by atoms with Crippen LogP contribution in [-0.2, 0) is 14.8 Å². The number of para-hydroxylation sites is 1. The summed E-state index contributed by atoms with van der Waals surface area (Å²) in [6.07, 6.45) is 3.13. The number of benzene rings is 1. The first-order chi connectivity index (χ1) is 16.2. The van der Waals surface area contributed by atoms with Gasteiger partial charge in [-0.1, -0.05) is 45.9 Å². The number of aromatic amines is 1. The van der Waals surface area contributed by atoms with Gasteiger partial charge in [0.15, 0.2) is 0 Å². The van der Waals surface area contributed by atoms with Gasteiger partial charge in [-0.25, -0.2) is 13.4 Å². The number of piperazine rings is 1. The van der Waals surface area contributed by atoms with Gasteiger partial charge in [0.2, 0.25) is 15.9 Å². The Morgan fingerprint density at radius 2 is 1.68 bits per heavy atom. The maximum Gasteiger partial charge on any atom is 0.245 e. The Kier molecular flexibility index (Phi) is 7.06. The first-order valence-electron chi connectivity index (χ1n) is 11.8. The van der Waals surface area contributed by atoms with Crippen LogP contribution in [0.25, 0.3) is 11.0 Å². The van der Waals surface area contributed by atoms with E-state index in [1.165, 1.54) is 10.5 Å². The SMILES string of the molecule is CC(C)c1cccc(C(C)C)c1NC(=O)CN1CCN(S(=O)(=O)c2c[nH]c3ncccc23)CC1. The van der Waals surface area contributed by atoms with Crippen LogP contribution in [0, 0.1) is 0 Å². The van der Waals surface area contributed by atoms with Gasteiger partial charge in [-0.05, 0) is 35.1 Å². The fraction of sp³-hybridized carbons (Fsp3) is 0.440. The molecule has 0 aliphatic carbocycles. The lowest BCUT2D eigenvalue weighted by Crippen LogP contribution is -2.50. The maximum atomic E-state index is 13.2. The molecule has 9 heteroatoms. The lowest BCUT2D eigenvalue weighted by molar-refractivity contribution is -0.117. The van der Waals surface area contributed by atoms with E-state index in [1.54, 1.807) is 18.3 Å². The van der Waals surface area contributed by atoms with Gasteiger partial charge in [-0.3, -0.25) is 9.69 Å². The van der Waals surface area contributed by atoms with Crippen LogP contribution >= 0.6 is 0 Å². The van der Waals surface area contributed by atoms with Crippen LogP contribution in [0.1, 0.15) is 50.7 Å². The monoisotopic (exact) mass is 483 g/mol. The number of amides is 1. The van der Waals surface area contributed by atoms with Crippen molar-refractivity contribution in [2.45, 2.75) is 44.4 Å². The quantitative estimate of drug-likeness (QED) is 0.533. The molecule has 2 N–H and O–H groups in total. The molecule has 0 atom stereocenters. The molecule has 182 valence electrons. The predicted molar refractivity (Wildman–Crippen MR) is 135 cm³/mol. The highest BCUT2D eigenvalue weighted by Gasteiger charge is 2.31. The number of anilines is 1. The molecule has 1 aromatic carbocycles. The largest absolute Gasteiger partial charge is 0.345 e. The molecular formula is C25H33N5O3S. The second-order valence-corrected chi connectivity index (χ2v) is 11.3. The molecule has 0 bridgehead atoms. The molecule has 4 rings (SSSR count). The molecule has 1 aliphatic rings. The third kappa shape index (κ3) is 4.87. The van der Waals surface area contributed by atoms with Crippen LogP contribution in [0.3, 0.4) is 0 Å². The summed E-state index contributed by atoms with van der Waals surface area (Å²) in [6.45, 7) is 10.4. The summed E-state index contributed by atoms with van der Waals surface area (Å²) in [5.41, 5.74) is 3.72. The third-order valence-corrected chi connectivity index (χ3v) is 8.31. The lowest BCUT2D eigenvalue weighted by atomic mass is 9.92. The highest BCUT2D eigenvalue weighted by molar-refractivity contribution is 7.89. The predicted octanol–water partition coefficient (Wildman–Crippen LogP) is 3.75. The summed E-state index contributed by atoms with van der Waals surface area (Å²) >= 11 is 0. The molecule has 2 aromatic heterocycles. The van der Waals surface area contributed by atoms with Gasteiger partial charge in [0.05, 0.1) is 6.54 Å². The zero-order valence-electron chi connectivity index (χ0n) is 20.2. The number of nitrogens with zero attached hydrogens (tertiary/aromatic N) is 3. The van der Waals surface area contributed by atoms with E-state index in [0.29, 0.717) is 49.0 Å². The van der Waals surface area contributed by atoms with Crippen molar-refractivity contribution in [1.82, 2.24) is 19.2 Å². The average molecular weight is 484 g/mol. The number of fused-ring (bicyclic) bond motifs is 1. The molecule has 3 aromatic rings. The molecule has 0 unspecified atom stereocenters. The number of H-pyrrole nitrogens is 1. The van der Waals surface area contributed by atoms with E-state index < -0.39 is 10.0 Å². The molecule has 3 heterocycles. The number of carbonyl (C=O) groups excluding carboxylic acids is 1. The Hall–Kier alpha value is -2.75. The van der Waals surface area contributed by atoms with Crippen molar-refractivity contribution in [3.8, 4) is 0 Å². The number of carbonyl (C=O) groups is 1. The minimum Gasteiger partial charge on any atom is -0.345 e. The first-order valence-corrected chi connectivity index (χ1v) is 13.2. The average Bonchev–Trinajstić information content (AvgIpc) is 3.24. The minimum absolute atomic E-state index is 0.0750. The van der Waals surface area contributed by atoms with Crippen LogP contribution in [-0.4, -0.2) is 66.2 Å². The van der Waals surface area contributed by atoms with Crippen molar-refractivity contribution in [2.24, 2.45) is 0 Å². The summed E-state index contributed by atoms with van der Waals surface area (Å²) in [6, 6.07) is 9.66. The molecule has 0 saturated carbocycles. The van der Waals surface area contributed by atoms with Crippen molar-refractivity contribution < 1.29 is 13.2 Å². The molecule has 1 fully saturated rings. The molecule has 0 radical (unpaired) electrons. The zero-order chi connectivity index (χ0) is 24.5. The molecule has 0 spiro atoms. The minimum atomic E-state index is -3.64. The molecule has 34 heavy (non-hydrogen) atoms. The number of pyridine rings is 1. The van der Waals surface area contributed by atoms with E-state index in [-0.39, 0.29) is 17.3 Å². The Bertz CT molecular complexity index is 1250. The smallest absolute Gasteiger partial charge is 0.245 e. The van der Waals surface area contributed by atoms with Crippen LogP contribution in [0.4, 0.5) is 5.69 Å². The summed E-state index contributed by atoms with van der Waals surface area (Å²) < 4.78 is 27.9. The second-order valence-electron chi connectivity index (χ2n) is 9.40. The van der Waals surface area contributed by atoms with E-state index in [1.807, 2.05) is 11.0 Å². The third-order valence-electron chi connectivity index (χ3n) is 6.37. The number of hydrogen-bond donors (Lipinski definition) is 2. The molecule has 1 saturated heterocycles. The van der Waals surface area contributed by atoms with Crippen LogP contribution in [0.2, 0.25) is 0 Å². The topological polar surface area (TPSA) is 98.4 Å². The maximum absolute atomic E-state index is 13.2. The fourth-order valence-corrected chi connectivity index (χ4v) is 6.06. The van der Waals surface area contributed by atoms with Crippen molar-refractivity contribution in [2.75, 3.05) is 38.0 Å². The standard InChI is InChI=1S/C25H33N5O3S/c1-17(2)19-7-5-8-20(18(3)4)24(19)28-23(31)16-29-11-13-30(14-12-29)34(32,33)22-15-27-25-21(22)9-6-10-26-25/h5-10,15,17-18H,11-14,16H2,1-4H3,(H,26,27)(H,28,31). The normalized spacial score (nSPS) is 15.9.